The molecule has 0 saturated heterocycles. The molecule has 0 aromatic carbocycles. The van der Waals surface area contributed by atoms with Crippen molar-refractivity contribution in [2.75, 3.05) is 16.6 Å². The number of aromatic nitrogens is 3. The van der Waals surface area contributed by atoms with E-state index in [1.807, 2.05) is 13.8 Å². The molecule has 2 heterocycles. The van der Waals surface area contributed by atoms with Gasteiger partial charge in [0.15, 0.2) is 0 Å². The van der Waals surface area contributed by atoms with E-state index < -0.39 is 10.0 Å². The Hall–Kier alpha value is -1.74. The van der Waals surface area contributed by atoms with E-state index in [2.05, 4.69) is 25.2 Å². The number of anilines is 2. The fourth-order valence-corrected chi connectivity index (χ4v) is 3.46. The highest BCUT2D eigenvalue weighted by Crippen LogP contribution is 2.21. The molecule has 0 aliphatic rings. The number of sulfonamides is 1. The van der Waals surface area contributed by atoms with E-state index in [1.54, 1.807) is 0 Å². The second-order valence-corrected chi connectivity index (χ2v) is 7.01. The standard InChI is InChI=1S/C12H17N5O2S2/c1-3-6-13-10-8-9(5-7-14-10)21(18,19)17-12-16-15-11(4-2)20-12/h5,7-8H,3-4,6H2,1-2H3,(H,13,14)(H,16,17). The average molecular weight is 327 g/mol. The summed E-state index contributed by atoms with van der Waals surface area (Å²) in [4.78, 5) is 4.23. The lowest BCUT2D eigenvalue weighted by molar-refractivity contribution is 0.601. The first-order valence-electron chi connectivity index (χ1n) is 6.60. The van der Waals surface area contributed by atoms with Crippen LogP contribution in [-0.4, -0.2) is 30.1 Å². The largest absolute Gasteiger partial charge is 0.370 e. The Morgan fingerprint density at radius 2 is 2.10 bits per heavy atom. The quantitative estimate of drug-likeness (QED) is 0.808. The van der Waals surface area contributed by atoms with Gasteiger partial charge in [-0.3, -0.25) is 4.72 Å². The molecule has 0 aliphatic carbocycles. The third-order valence-corrected chi connectivity index (χ3v) is 5.04. The predicted octanol–water partition coefficient (Wildman–Crippen LogP) is 2.12. The van der Waals surface area contributed by atoms with E-state index in [-0.39, 0.29) is 10.0 Å². The Morgan fingerprint density at radius 1 is 1.29 bits per heavy atom. The second kappa shape index (κ2) is 6.81. The summed E-state index contributed by atoms with van der Waals surface area (Å²) in [5, 5.41) is 11.8. The molecule has 0 unspecified atom stereocenters. The molecule has 21 heavy (non-hydrogen) atoms. The molecule has 2 rings (SSSR count). The Kier molecular flexibility index (Phi) is 5.07. The van der Waals surface area contributed by atoms with Crippen LogP contribution in [0.4, 0.5) is 10.9 Å². The second-order valence-electron chi connectivity index (χ2n) is 4.26. The van der Waals surface area contributed by atoms with Crippen molar-refractivity contribution in [3.05, 3.63) is 23.3 Å². The summed E-state index contributed by atoms with van der Waals surface area (Å²) >= 11 is 1.23. The first-order valence-corrected chi connectivity index (χ1v) is 8.90. The molecular weight excluding hydrogens is 310 g/mol. The fourth-order valence-electron chi connectivity index (χ4n) is 1.54. The van der Waals surface area contributed by atoms with E-state index in [0.29, 0.717) is 5.82 Å². The van der Waals surface area contributed by atoms with Crippen LogP contribution in [0, 0.1) is 0 Å². The molecule has 0 bridgehead atoms. The van der Waals surface area contributed by atoms with E-state index in [0.717, 1.165) is 24.4 Å². The van der Waals surface area contributed by atoms with Crippen LogP contribution in [0.1, 0.15) is 25.3 Å². The van der Waals surface area contributed by atoms with E-state index >= 15 is 0 Å². The fraction of sp³-hybridized carbons (Fsp3) is 0.417. The number of nitrogens with zero attached hydrogens (tertiary/aromatic N) is 3. The van der Waals surface area contributed by atoms with Crippen molar-refractivity contribution in [2.45, 2.75) is 31.6 Å². The summed E-state index contributed by atoms with van der Waals surface area (Å²) in [5.74, 6) is 0.534. The van der Waals surface area contributed by atoms with Gasteiger partial charge < -0.3 is 5.32 Å². The normalized spacial score (nSPS) is 11.3. The maximum absolute atomic E-state index is 12.3. The van der Waals surface area contributed by atoms with Crippen LogP contribution in [0.15, 0.2) is 23.2 Å². The molecule has 0 spiro atoms. The summed E-state index contributed by atoms with van der Waals surface area (Å²) < 4.78 is 27.0. The van der Waals surface area contributed by atoms with Gasteiger partial charge in [0.1, 0.15) is 10.8 Å². The zero-order valence-corrected chi connectivity index (χ0v) is 13.5. The Labute approximate surface area is 127 Å². The van der Waals surface area contributed by atoms with Gasteiger partial charge in [-0.25, -0.2) is 13.4 Å². The number of pyridine rings is 1. The molecule has 0 atom stereocenters. The van der Waals surface area contributed by atoms with Crippen molar-refractivity contribution in [3.63, 3.8) is 0 Å². The first-order chi connectivity index (χ1) is 10.0. The molecule has 0 amide bonds. The molecule has 0 fully saturated rings. The van der Waals surface area contributed by atoms with Crippen LogP contribution in [0.2, 0.25) is 0 Å². The summed E-state index contributed by atoms with van der Waals surface area (Å²) in [6, 6.07) is 2.95. The smallest absolute Gasteiger partial charge is 0.263 e. The van der Waals surface area contributed by atoms with Crippen LogP contribution in [-0.2, 0) is 16.4 Å². The lowest BCUT2D eigenvalue weighted by Crippen LogP contribution is -2.13. The van der Waals surface area contributed by atoms with Crippen molar-refractivity contribution in [1.82, 2.24) is 15.2 Å². The minimum Gasteiger partial charge on any atom is -0.370 e. The van der Waals surface area contributed by atoms with Gasteiger partial charge in [-0.05, 0) is 18.9 Å². The number of hydrogen-bond acceptors (Lipinski definition) is 7. The van der Waals surface area contributed by atoms with Crippen LogP contribution in [0.3, 0.4) is 0 Å². The highest BCUT2D eigenvalue weighted by Gasteiger charge is 2.17. The van der Waals surface area contributed by atoms with Crippen molar-refractivity contribution in [2.24, 2.45) is 0 Å². The van der Waals surface area contributed by atoms with Gasteiger partial charge in [-0.15, -0.1) is 10.2 Å². The van der Waals surface area contributed by atoms with Gasteiger partial charge in [0, 0.05) is 18.8 Å². The molecule has 7 nitrogen and oxygen atoms in total. The molecular formula is C12H17N5O2S2. The summed E-state index contributed by atoms with van der Waals surface area (Å²) in [6.45, 7) is 4.70. The van der Waals surface area contributed by atoms with Crippen LogP contribution in [0.25, 0.3) is 0 Å². The molecule has 2 N–H and O–H groups in total. The molecule has 114 valence electrons. The highest BCUT2D eigenvalue weighted by atomic mass is 32.2. The van der Waals surface area contributed by atoms with Gasteiger partial charge in [-0.2, -0.15) is 0 Å². The van der Waals surface area contributed by atoms with Crippen molar-refractivity contribution < 1.29 is 8.42 Å². The van der Waals surface area contributed by atoms with Crippen molar-refractivity contribution in [3.8, 4) is 0 Å². The molecule has 0 saturated carbocycles. The molecule has 0 radical (unpaired) electrons. The number of rotatable bonds is 7. The molecule has 0 aliphatic heterocycles. The molecule has 2 aromatic rings. The highest BCUT2D eigenvalue weighted by molar-refractivity contribution is 7.93. The Bertz CT molecular complexity index is 699. The van der Waals surface area contributed by atoms with Crippen molar-refractivity contribution in [1.29, 1.82) is 0 Å². The van der Waals surface area contributed by atoms with Gasteiger partial charge in [0.2, 0.25) is 5.13 Å². The third kappa shape index (κ3) is 4.11. The number of hydrogen-bond donors (Lipinski definition) is 2. The lowest BCUT2D eigenvalue weighted by Gasteiger charge is -2.07. The summed E-state index contributed by atoms with van der Waals surface area (Å²) in [6.07, 6.45) is 3.12. The molecule has 2 aromatic heterocycles. The average Bonchev–Trinajstić information content (AvgIpc) is 2.92. The van der Waals surface area contributed by atoms with Crippen LogP contribution in [0.5, 0.6) is 0 Å². The first kappa shape index (κ1) is 15.6. The SMILES string of the molecule is CCCNc1cc(S(=O)(=O)Nc2nnc(CC)s2)ccn1. The van der Waals surface area contributed by atoms with E-state index in [1.165, 1.54) is 29.7 Å². The van der Waals surface area contributed by atoms with Gasteiger partial charge >= 0.3 is 0 Å². The summed E-state index contributed by atoms with van der Waals surface area (Å²) in [7, 11) is -3.68. The van der Waals surface area contributed by atoms with Crippen molar-refractivity contribution >= 4 is 32.3 Å². The maximum atomic E-state index is 12.3. The van der Waals surface area contributed by atoms with Gasteiger partial charge in [0.25, 0.3) is 10.0 Å². The third-order valence-electron chi connectivity index (χ3n) is 2.59. The zero-order chi connectivity index (χ0) is 15.3. The van der Waals surface area contributed by atoms with Crippen LogP contribution < -0.4 is 10.0 Å². The zero-order valence-electron chi connectivity index (χ0n) is 11.8. The Balaban J connectivity index is 2.18. The molecule has 9 heteroatoms. The van der Waals surface area contributed by atoms with Gasteiger partial charge in [-0.1, -0.05) is 25.2 Å². The minimum atomic E-state index is -3.68. The maximum Gasteiger partial charge on any atom is 0.263 e. The topological polar surface area (TPSA) is 96.9 Å². The number of nitrogens with one attached hydrogen (secondary N) is 2. The Morgan fingerprint density at radius 3 is 2.76 bits per heavy atom. The van der Waals surface area contributed by atoms with Crippen LogP contribution >= 0.6 is 11.3 Å². The number of aryl methyl sites for hydroxylation is 1. The predicted molar refractivity (Wildman–Crippen MR) is 83.1 cm³/mol. The summed E-state index contributed by atoms with van der Waals surface area (Å²) in [5.41, 5.74) is 0. The lowest BCUT2D eigenvalue weighted by atomic mass is 10.4. The van der Waals surface area contributed by atoms with E-state index in [4.69, 9.17) is 0 Å². The van der Waals surface area contributed by atoms with E-state index in [9.17, 15) is 8.42 Å². The monoisotopic (exact) mass is 327 g/mol. The van der Waals surface area contributed by atoms with Gasteiger partial charge in [0.05, 0.1) is 4.90 Å². The minimum absolute atomic E-state index is 0.143.